The summed E-state index contributed by atoms with van der Waals surface area (Å²) in [5.74, 6) is -1.29. The second-order valence-corrected chi connectivity index (χ2v) is 5.58. The number of halogens is 2. The van der Waals surface area contributed by atoms with Gasteiger partial charge in [0.1, 0.15) is 17.5 Å². The molecule has 0 fully saturated rings. The molecule has 0 atom stereocenters. The Morgan fingerprint density at radius 2 is 1.85 bits per heavy atom. The maximum atomic E-state index is 13.3. The van der Waals surface area contributed by atoms with Gasteiger partial charge >= 0.3 is 0 Å². The highest BCUT2D eigenvalue weighted by Crippen LogP contribution is 2.21. The number of rotatable bonds is 4. The monoisotopic (exact) mass is 355 g/mol. The van der Waals surface area contributed by atoms with Crippen molar-refractivity contribution >= 4 is 23.1 Å². The fourth-order valence-electron chi connectivity index (χ4n) is 2.26. The molecule has 0 aliphatic carbocycles. The normalized spacial score (nSPS) is 10.5. The maximum Gasteiger partial charge on any atom is 0.277 e. The SMILES string of the molecule is Cc1ccc(Nc2cncc(F)c2)c(C(=O)Nc2ccc(F)c(C)n2)n1. The van der Waals surface area contributed by atoms with E-state index in [9.17, 15) is 13.6 Å². The number of hydrogen-bond acceptors (Lipinski definition) is 5. The van der Waals surface area contributed by atoms with Gasteiger partial charge in [0.2, 0.25) is 0 Å². The molecule has 0 aliphatic rings. The summed E-state index contributed by atoms with van der Waals surface area (Å²) >= 11 is 0. The smallest absolute Gasteiger partial charge is 0.277 e. The molecule has 3 rings (SSSR count). The zero-order chi connectivity index (χ0) is 18.7. The topological polar surface area (TPSA) is 79.8 Å². The Hall–Kier alpha value is -3.42. The third-order valence-electron chi connectivity index (χ3n) is 3.50. The molecule has 0 aromatic carbocycles. The minimum Gasteiger partial charge on any atom is -0.352 e. The first-order valence-corrected chi connectivity index (χ1v) is 7.72. The van der Waals surface area contributed by atoms with Gasteiger partial charge in [-0.2, -0.15) is 0 Å². The van der Waals surface area contributed by atoms with Gasteiger partial charge in [0.15, 0.2) is 5.69 Å². The van der Waals surface area contributed by atoms with E-state index >= 15 is 0 Å². The summed E-state index contributed by atoms with van der Waals surface area (Å²) in [4.78, 5) is 24.6. The van der Waals surface area contributed by atoms with E-state index in [1.54, 1.807) is 19.1 Å². The van der Waals surface area contributed by atoms with Gasteiger partial charge in [-0.3, -0.25) is 9.78 Å². The minimum atomic E-state index is -0.529. The molecule has 0 spiro atoms. The summed E-state index contributed by atoms with van der Waals surface area (Å²) in [5, 5.41) is 5.50. The van der Waals surface area contributed by atoms with Crippen LogP contribution in [0.15, 0.2) is 42.7 Å². The molecule has 0 radical (unpaired) electrons. The molecule has 0 saturated carbocycles. The predicted molar refractivity (Wildman–Crippen MR) is 93.3 cm³/mol. The van der Waals surface area contributed by atoms with E-state index in [1.165, 1.54) is 31.3 Å². The standard InChI is InChI=1S/C18H15F2N5O/c1-10-3-5-15(24-13-7-12(19)8-21-9-13)17(22-10)18(26)25-16-6-4-14(20)11(2)23-16/h3-9,24H,1-2H3,(H,23,25,26). The lowest BCUT2D eigenvalue weighted by molar-refractivity contribution is 0.102. The second-order valence-electron chi connectivity index (χ2n) is 5.58. The molecule has 6 nitrogen and oxygen atoms in total. The highest BCUT2D eigenvalue weighted by molar-refractivity contribution is 6.06. The molecule has 3 heterocycles. The Kier molecular flexibility index (Phi) is 4.83. The molecule has 0 bridgehead atoms. The summed E-state index contributed by atoms with van der Waals surface area (Å²) in [6.07, 6.45) is 2.50. The Labute approximate surface area is 148 Å². The second kappa shape index (κ2) is 7.22. The van der Waals surface area contributed by atoms with Crippen molar-refractivity contribution in [1.82, 2.24) is 15.0 Å². The number of carbonyl (C=O) groups is 1. The van der Waals surface area contributed by atoms with Crippen molar-refractivity contribution in [3.8, 4) is 0 Å². The fourth-order valence-corrected chi connectivity index (χ4v) is 2.26. The van der Waals surface area contributed by atoms with Crippen molar-refractivity contribution in [2.75, 3.05) is 10.6 Å². The molecule has 8 heteroatoms. The fraction of sp³-hybridized carbons (Fsp3) is 0.111. The average Bonchev–Trinajstić information content (AvgIpc) is 2.60. The van der Waals surface area contributed by atoms with E-state index in [-0.39, 0.29) is 17.2 Å². The minimum absolute atomic E-state index is 0.0954. The van der Waals surface area contributed by atoms with Crippen LogP contribution in [0.1, 0.15) is 21.9 Å². The Balaban J connectivity index is 1.89. The van der Waals surface area contributed by atoms with Crippen LogP contribution in [0.25, 0.3) is 0 Å². The van der Waals surface area contributed by atoms with Gasteiger partial charge in [0, 0.05) is 11.8 Å². The number of amides is 1. The van der Waals surface area contributed by atoms with Crippen LogP contribution in [-0.2, 0) is 0 Å². The van der Waals surface area contributed by atoms with Gasteiger partial charge in [-0.1, -0.05) is 0 Å². The van der Waals surface area contributed by atoms with Gasteiger partial charge < -0.3 is 10.6 Å². The molecule has 132 valence electrons. The van der Waals surface area contributed by atoms with Crippen LogP contribution >= 0.6 is 0 Å². The highest BCUT2D eigenvalue weighted by atomic mass is 19.1. The van der Waals surface area contributed by atoms with Crippen LogP contribution in [0.4, 0.5) is 26.0 Å². The third-order valence-corrected chi connectivity index (χ3v) is 3.50. The van der Waals surface area contributed by atoms with Gasteiger partial charge in [0.25, 0.3) is 5.91 Å². The quantitative estimate of drug-likeness (QED) is 0.745. The zero-order valence-corrected chi connectivity index (χ0v) is 14.0. The van der Waals surface area contributed by atoms with Crippen molar-refractivity contribution < 1.29 is 13.6 Å². The first-order chi connectivity index (χ1) is 12.4. The number of pyridine rings is 3. The maximum absolute atomic E-state index is 13.3. The van der Waals surface area contributed by atoms with Crippen LogP contribution in [-0.4, -0.2) is 20.9 Å². The summed E-state index contributed by atoms with van der Waals surface area (Å²) in [6.45, 7) is 3.24. The first-order valence-electron chi connectivity index (χ1n) is 7.72. The molecule has 0 aliphatic heterocycles. The Bertz CT molecular complexity index is 978. The third kappa shape index (κ3) is 3.97. The lowest BCUT2D eigenvalue weighted by Gasteiger charge is -2.12. The molecule has 2 N–H and O–H groups in total. The van der Waals surface area contributed by atoms with E-state index in [2.05, 4.69) is 25.6 Å². The Morgan fingerprint density at radius 3 is 2.58 bits per heavy atom. The summed E-state index contributed by atoms with van der Waals surface area (Å²) in [7, 11) is 0. The lowest BCUT2D eigenvalue weighted by Crippen LogP contribution is -2.17. The Morgan fingerprint density at radius 1 is 1.04 bits per heavy atom. The van der Waals surface area contributed by atoms with Crippen LogP contribution in [0.5, 0.6) is 0 Å². The highest BCUT2D eigenvalue weighted by Gasteiger charge is 2.16. The number of aryl methyl sites for hydroxylation is 2. The molecule has 3 aromatic heterocycles. The number of hydrogen-bond donors (Lipinski definition) is 2. The largest absolute Gasteiger partial charge is 0.352 e. The van der Waals surface area contributed by atoms with E-state index in [1.807, 2.05) is 0 Å². The van der Waals surface area contributed by atoms with Gasteiger partial charge in [-0.25, -0.2) is 18.7 Å². The molecule has 1 amide bonds. The first kappa shape index (κ1) is 17.4. The number of aromatic nitrogens is 3. The van der Waals surface area contributed by atoms with E-state index in [0.29, 0.717) is 17.1 Å². The predicted octanol–water partition coefficient (Wildman–Crippen LogP) is 3.76. The van der Waals surface area contributed by atoms with Gasteiger partial charge in [0.05, 0.1) is 29.5 Å². The van der Waals surface area contributed by atoms with Crippen molar-refractivity contribution in [3.63, 3.8) is 0 Å². The van der Waals surface area contributed by atoms with Gasteiger partial charge in [-0.15, -0.1) is 0 Å². The average molecular weight is 355 g/mol. The van der Waals surface area contributed by atoms with Crippen LogP contribution in [0.3, 0.4) is 0 Å². The van der Waals surface area contributed by atoms with Crippen molar-refractivity contribution in [2.45, 2.75) is 13.8 Å². The van der Waals surface area contributed by atoms with Crippen LogP contribution < -0.4 is 10.6 Å². The van der Waals surface area contributed by atoms with E-state index < -0.39 is 17.5 Å². The zero-order valence-electron chi connectivity index (χ0n) is 14.0. The number of nitrogens with zero attached hydrogens (tertiary/aromatic N) is 3. The van der Waals surface area contributed by atoms with E-state index in [4.69, 9.17) is 0 Å². The van der Waals surface area contributed by atoms with Gasteiger partial charge in [-0.05, 0) is 38.1 Å². The van der Waals surface area contributed by atoms with E-state index in [0.717, 1.165) is 6.20 Å². The lowest BCUT2D eigenvalue weighted by atomic mass is 10.2. The summed E-state index contributed by atoms with van der Waals surface area (Å²) in [6, 6.07) is 7.20. The number of nitrogens with one attached hydrogen (secondary N) is 2. The summed E-state index contributed by atoms with van der Waals surface area (Å²) in [5.41, 5.74) is 1.64. The molecule has 3 aromatic rings. The molecule has 26 heavy (non-hydrogen) atoms. The molecule has 0 saturated heterocycles. The number of anilines is 3. The molecular weight excluding hydrogens is 340 g/mol. The van der Waals surface area contributed by atoms with Crippen molar-refractivity contribution in [3.05, 3.63) is 71.4 Å². The van der Waals surface area contributed by atoms with Crippen LogP contribution in [0, 0.1) is 25.5 Å². The van der Waals surface area contributed by atoms with Crippen molar-refractivity contribution in [1.29, 1.82) is 0 Å². The summed E-state index contributed by atoms with van der Waals surface area (Å²) < 4.78 is 26.6. The van der Waals surface area contributed by atoms with Crippen molar-refractivity contribution in [2.24, 2.45) is 0 Å². The molecular formula is C18H15F2N5O. The van der Waals surface area contributed by atoms with Crippen LogP contribution in [0.2, 0.25) is 0 Å². The molecule has 0 unspecified atom stereocenters. The number of carbonyl (C=O) groups excluding carboxylic acids is 1.